The fourth-order valence-electron chi connectivity index (χ4n) is 0.258. The van der Waals surface area contributed by atoms with Crippen molar-refractivity contribution < 1.29 is 4.79 Å². The summed E-state index contributed by atoms with van der Waals surface area (Å²) in [6.45, 7) is 0. The van der Waals surface area contributed by atoms with Crippen LogP contribution in [-0.4, -0.2) is 17.9 Å². The Kier molecular flexibility index (Phi) is 2.94. The molecule has 0 heterocycles. The predicted molar refractivity (Wildman–Crippen MR) is 31.8 cm³/mol. The second-order valence-corrected chi connectivity index (χ2v) is 1.42. The molecule has 0 aliphatic carbocycles. The molecule has 9 heavy (non-hydrogen) atoms. The predicted octanol–water partition coefficient (Wildman–Crippen LogP) is -0.0508. The standard InChI is InChI=1S/C6H6N2O/c1-3-8(2)6(9)4-5-7/h1H,4H2,2H3. The first-order valence-electron chi connectivity index (χ1n) is 2.32. The fourth-order valence-corrected chi connectivity index (χ4v) is 0.258. The van der Waals surface area contributed by atoms with E-state index in [1.165, 1.54) is 7.05 Å². The zero-order valence-electron chi connectivity index (χ0n) is 5.09. The number of terminal acetylenes is 1. The molecule has 0 aromatic rings. The number of nitrogens with zero attached hydrogens (tertiary/aromatic N) is 2. The Morgan fingerprint density at radius 1 is 1.89 bits per heavy atom. The smallest absolute Gasteiger partial charge is 0.247 e. The quantitative estimate of drug-likeness (QED) is 0.361. The highest BCUT2D eigenvalue weighted by molar-refractivity contribution is 5.79. The van der Waals surface area contributed by atoms with Crippen LogP contribution < -0.4 is 0 Å². The molecule has 0 aliphatic rings. The molecule has 0 aromatic heterocycles. The zero-order chi connectivity index (χ0) is 7.28. The van der Waals surface area contributed by atoms with Crippen molar-refractivity contribution in [3.8, 4) is 18.5 Å². The summed E-state index contributed by atoms with van der Waals surface area (Å²) in [7, 11) is 1.44. The molecule has 0 fully saturated rings. The van der Waals surface area contributed by atoms with E-state index in [0.29, 0.717) is 0 Å². The Balaban J connectivity index is 3.81. The van der Waals surface area contributed by atoms with Crippen molar-refractivity contribution in [2.45, 2.75) is 6.42 Å². The van der Waals surface area contributed by atoms with E-state index in [1.54, 1.807) is 6.07 Å². The van der Waals surface area contributed by atoms with Crippen LogP contribution in [0.15, 0.2) is 0 Å². The van der Waals surface area contributed by atoms with Gasteiger partial charge in [0.2, 0.25) is 5.91 Å². The maximum atomic E-state index is 10.5. The van der Waals surface area contributed by atoms with Crippen molar-refractivity contribution in [2.24, 2.45) is 0 Å². The molecule has 1 amide bonds. The van der Waals surface area contributed by atoms with E-state index < -0.39 is 0 Å². The molecule has 3 nitrogen and oxygen atoms in total. The third kappa shape index (κ3) is 2.36. The largest absolute Gasteiger partial charge is 0.274 e. The lowest BCUT2D eigenvalue weighted by atomic mass is 10.4. The van der Waals surface area contributed by atoms with Crippen LogP contribution in [0, 0.1) is 23.8 Å². The van der Waals surface area contributed by atoms with Crippen LogP contribution in [0.3, 0.4) is 0 Å². The summed E-state index contributed by atoms with van der Waals surface area (Å²) >= 11 is 0. The van der Waals surface area contributed by atoms with E-state index in [-0.39, 0.29) is 12.3 Å². The Labute approximate surface area is 53.9 Å². The third-order valence-electron chi connectivity index (χ3n) is 0.798. The average Bonchev–Trinajstić information content (AvgIpc) is 1.87. The molecular weight excluding hydrogens is 116 g/mol. The molecule has 3 heteroatoms. The molecule has 0 saturated heterocycles. The summed E-state index contributed by atoms with van der Waals surface area (Å²) < 4.78 is 0. The highest BCUT2D eigenvalue weighted by Gasteiger charge is 2.02. The molecule has 0 aromatic carbocycles. The second kappa shape index (κ2) is 3.51. The van der Waals surface area contributed by atoms with Crippen LogP contribution in [0.2, 0.25) is 0 Å². The maximum Gasteiger partial charge on any atom is 0.247 e. The summed E-state index contributed by atoms with van der Waals surface area (Å²) in [6.07, 6.45) is 4.70. The highest BCUT2D eigenvalue weighted by atomic mass is 16.2. The average molecular weight is 122 g/mol. The Bertz CT molecular complexity index is 184. The lowest BCUT2D eigenvalue weighted by Crippen LogP contribution is -2.19. The number of amides is 1. The minimum Gasteiger partial charge on any atom is -0.274 e. The van der Waals surface area contributed by atoms with Crippen LogP contribution in [0.5, 0.6) is 0 Å². The number of carbonyl (C=O) groups is 1. The van der Waals surface area contributed by atoms with Gasteiger partial charge in [-0.25, -0.2) is 0 Å². The third-order valence-corrected chi connectivity index (χ3v) is 0.798. The van der Waals surface area contributed by atoms with Crippen LogP contribution >= 0.6 is 0 Å². The number of hydrogen-bond acceptors (Lipinski definition) is 2. The van der Waals surface area contributed by atoms with Crippen molar-refractivity contribution in [3.63, 3.8) is 0 Å². The summed E-state index contributed by atoms with van der Waals surface area (Å²) in [5.41, 5.74) is 0. The van der Waals surface area contributed by atoms with Gasteiger partial charge in [0.15, 0.2) is 0 Å². The fraction of sp³-hybridized carbons (Fsp3) is 0.333. The number of rotatable bonds is 1. The van der Waals surface area contributed by atoms with Gasteiger partial charge in [0.05, 0.1) is 6.07 Å². The molecule has 0 saturated carbocycles. The molecular formula is C6H6N2O. The van der Waals surface area contributed by atoms with Crippen LogP contribution in [0.1, 0.15) is 6.42 Å². The molecule has 0 atom stereocenters. The van der Waals surface area contributed by atoms with Gasteiger partial charge < -0.3 is 0 Å². The van der Waals surface area contributed by atoms with Gasteiger partial charge >= 0.3 is 0 Å². The van der Waals surface area contributed by atoms with Crippen molar-refractivity contribution in [2.75, 3.05) is 7.05 Å². The van der Waals surface area contributed by atoms with Crippen LogP contribution in [0.25, 0.3) is 0 Å². The minimum absolute atomic E-state index is 0.152. The van der Waals surface area contributed by atoms with E-state index in [2.05, 4.69) is 6.04 Å². The summed E-state index contributed by atoms with van der Waals surface area (Å²) in [4.78, 5) is 11.6. The van der Waals surface area contributed by atoms with Crippen LogP contribution in [-0.2, 0) is 4.79 Å². The summed E-state index contributed by atoms with van der Waals surface area (Å²) in [5.74, 6) is -0.347. The second-order valence-electron chi connectivity index (χ2n) is 1.42. The molecule has 0 spiro atoms. The van der Waals surface area contributed by atoms with Gasteiger partial charge in [-0.1, -0.05) is 6.42 Å². The lowest BCUT2D eigenvalue weighted by molar-refractivity contribution is -0.125. The van der Waals surface area contributed by atoms with E-state index in [9.17, 15) is 4.79 Å². The van der Waals surface area contributed by atoms with Gasteiger partial charge in [-0.15, -0.1) is 0 Å². The van der Waals surface area contributed by atoms with Crippen LogP contribution in [0.4, 0.5) is 0 Å². The monoisotopic (exact) mass is 122 g/mol. The first-order chi connectivity index (χ1) is 4.22. The Morgan fingerprint density at radius 2 is 2.44 bits per heavy atom. The van der Waals surface area contributed by atoms with Gasteiger partial charge in [-0.3, -0.25) is 9.69 Å². The van der Waals surface area contributed by atoms with Crippen molar-refractivity contribution in [1.82, 2.24) is 4.90 Å². The first kappa shape index (κ1) is 7.52. The van der Waals surface area contributed by atoms with Crippen molar-refractivity contribution >= 4 is 5.91 Å². The molecule has 0 rings (SSSR count). The molecule has 0 N–H and O–H groups in total. The molecule has 0 aliphatic heterocycles. The number of nitriles is 1. The van der Waals surface area contributed by atoms with Gasteiger partial charge in [-0.05, 0) is 0 Å². The molecule has 46 valence electrons. The Hall–Kier alpha value is -1.48. The molecule has 0 bridgehead atoms. The van der Waals surface area contributed by atoms with Gasteiger partial charge in [0.1, 0.15) is 6.42 Å². The minimum atomic E-state index is -0.347. The van der Waals surface area contributed by atoms with Crippen molar-refractivity contribution in [3.05, 3.63) is 0 Å². The highest BCUT2D eigenvalue weighted by Crippen LogP contribution is 1.84. The lowest BCUT2D eigenvalue weighted by Gasteiger charge is -2.03. The molecule has 0 unspecified atom stereocenters. The zero-order valence-corrected chi connectivity index (χ0v) is 5.09. The normalized spacial score (nSPS) is 7.00. The summed E-state index contributed by atoms with van der Waals surface area (Å²) in [5, 5.41) is 8.01. The van der Waals surface area contributed by atoms with E-state index >= 15 is 0 Å². The topological polar surface area (TPSA) is 44.1 Å². The van der Waals surface area contributed by atoms with Gasteiger partial charge in [0.25, 0.3) is 0 Å². The summed E-state index contributed by atoms with van der Waals surface area (Å²) in [6, 6.07) is 3.78. The first-order valence-corrected chi connectivity index (χ1v) is 2.32. The SMILES string of the molecule is C#CN(C)C(=O)CC#N. The van der Waals surface area contributed by atoms with E-state index in [4.69, 9.17) is 11.7 Å². The maximum absolute atomic E-state index is 10.5. The number of hydrogen-bond donors (Lipinski definition) is 0. The van der Waals surface area contributed by atoms with E-state index in [0.717, 1.165) is 4.90 Å². The van der Waals surface area contributed by atoms with E-state index in [1.807, 2.05) is 0 Å². The van der Waals surface area contributed by atoms with Gasteiger partial charge in [-0.2, -0.15) is 5.26 Å². The number of carbonyl (C=O) groups excluding carboxylic acids is 1. The van der Waals surface area contributed by atoms with Crippen molar-refractivity contribution in [1.29, 1.82) is 5.26 Å². The Morgan fingerprint density at radius 3 is 2.78 bits per heavy atom. The molecule has 0 radical (unpaired) electrons. The van der Waals surface area contributed by atoms with Gasteiger partial charge in [0, 0.05) is 13.1 Å².